The average Bonchev–Trinajstić information content (AvgIpc) is 3.23. The van der Waals surface area contributed by atoms with Gasteiger partial charge in [-0.2, -0.15) is 9.97 Å². The number of ether oxygens (including phenoxy) is 2. The summed E-state index contributed by atoms with van der Waals surface area (Å²) in [6, 6.07) is 8.23. The van der Waals surface area contributed by atoms with Crippen LogP contribution in [-0.2, 0) is 31.8 Å². The second-order valence-corrected chi connectivity index (χ2v) is 9.71. The number of aliphatic carboxylic acids is 1. The Labute approximate surface area is 197 Å². The van der Waals surface area contributed by atoms with Gasteiger partial charge in [0.05, 0.1) is 26.7 Å². The maximum atomic E-state index is 13.8. The van der Waals surface area contributed by atoms with Crippen molar-refractivity contribution in [3.63, 3.8) is 0 Å². The zero-order chi connectivity index (χ0) is 24.7. The third kappa shape index (κ3) is 5.89. The molecule has 0 saturated carbocycles. The van der Waals surface area contributed by atoms with Crippen molar-refractivity contribution in [3.05, 3.63) is 42.2 Å². The van der Waals surface area contributed by atoms with Gasteiger partial charge in [-0.15, -0.1) is 0 Å². The number of nitrogens with two attached hydrogens (primary N) is 1. The monoisotopic (exact) mass is 492 g/mol. The molecular weight excluding hydrogens is 463 g/mol. The van der Waals surface area contributed by atoms with Gasteiger partial charge < -0.3 is 29.4 Å². The van der Waals surface area contributed by atoms with E-state index in [1.165, 1.54) is 18.7 Å². The molecule has 0 fully saturated rings. The molecule has 13 heteroatoms. The summed E-state index contributed by atoms with van der Waals surface area (Å²) >= 11 is 0. The first-order chi connectivity index (χ1) is 16.3. The molecule has 1 aromatic carbocycles. The Bertz CT molecular complexity index is 1160. The highest BCUT2D eigenvalue weighted by molar-refractivity contribution is 7.56. The minimum atomic E-state index is -3.64. The first-order valence-electron chi connectivity index (χ1n) is 10.7. The summed E-state index contributed by atoms with van der Waals surface area (Å²) in [6.07, 6.45) is 1.28. The molecule has 0 bridgehead atoms. The summed E-state index contributed by atoms with van der Waals surface area (Å²) in [5.41, 5.74) is 7.50. The van der Waals surface area contributed by atoms with Gasteiger partial charge in [0.15, 0.2) is 11.2 Å². The molecule has 2 aromatic heterocycles. The molecule has 12 nitrogen and oxygen atoms in total. The van der Waals surface area contributed by atoms with Crippen molar-refractivity contribution in [3.8, 4) is 5.88 Å². The zero-order valence-corrected chi connectivity index (χ0v) is 20.2. The maximum Gasteiger partial charge on any atom is 0.321 e. The first-order valence-corrected chi connectivity index (χ1v) is 12.4. The molecule has 0 radical (unpaired) electrons. The molecular formula is C21H29N6O6P. The predicted octanol–water partition coefficient (Wildman–Crippen LogP) is 2.60. The molecule has 0 spiro atoms. The lowest BCUT2D eigenvalue weighted by atomic mass is 10.2. The number of carboxylic acid groups (broad SMARTS) is 1. The van der Waals surface area contributed by atoms with Crippen LogP contribution in [0.1, 0.15) is 19.4 Å². The molecule has 3 N–H and O–H groups in total. The Kier molecular flexibility index (Phi) is 8.56. The summed E-state index contributed by atoms with van der Waals surface area (Å²) in [6.45, 7) is 3.95. The molecule has 34 heavy (non-hydrogen) atoms. The van der Waals surface area contributed by atoms with Gasteiger partial charge in [-0.05, 0) is 12.5 Å². The number of carbonyl (C=O) groups is 1. The van der Waals surface area contributed by atoms with Crippen molar-refractivity contribution < 1.29 is 28.5 Å². The first kappa shape index (κ1) is 25.6. The second-order valence-electron chi connectivity index (χ2n) is 7.41. The van der Waals surface area contributed by atoms with Crippen LogP contribution in [0, 0.1) is 0 Å². The van der Waals surface area contributed by atoms with Crippen molar-refractivity contribution in [1.82, 2.24) is 24.2 Å². The molecule has 0 aliphatic heterocycles. The van der Waals surface area contributed by atoms with Crippen LogP contribution in [0.3, 0.4) is 0 Å². The van der Waals surface area contributed by atoms with E-state index in [4.69, 9.17) is 19.7 Å². The van der Waals surface area contributed by atoms with Gasteiger partial charge in [0, 0.05) is 13.1 Å². The van der Waals surface area contributed by atoms with Crippen LogP contribution in [0.15, 0.2) is 36.7 Å². The van der Waals surface area contributed by atoms with E-state index in [0.29, 0.717) is 17.7 Å². The van der Waals surface area contributed by atoms with E-state index < -0.39 is 19.5 Å². The highest BCUT2D eigenvalue weighted by Gasteiger charge is 2.37. The highest BCUT2D eigenvalue weighted by atomic mass is 31.2. The molecule has 2 atom stereocenters. The molecule has 3 aromatic rings. The summed E-state index contributed by atoms with van der Waals surface area (Å²) in [5.74, 6) is -0.782. The third-order valence-corrected chi connectivity index (χ3v) is 7.62. The number of hydrogen-bond donors (Lipinski definition) is 2. The Morgan fingerprint density at radius 1 is 1.29 bits per heavy atom. The Morgan fingerprint density at radius 3 is 2.68 bits per heavy atom. The van der Waals surface area contributed by atoms with E-state index in [2.05, 4.69) is 15.0 Å². The molecule has 2 heterocycles. The number of methoxy groups -OCH3 is 1. The van der Waals surface area contributed by atoms with E-state index in [9.17, 15) is 14.5 Å². The van der Waals surface area contributed by atoms with Crippen LogP contribution in [0.5, 0.6) is 5.88 Å². The Balaban J connectivity index is 1.71. The van der Waals surface area contributed by atoms with E-state index in [0.717, 1.165) is 5.56 Å². The van der Waals surface area contributed by atoms with Crippen LogP contribution < -0.4 is 10.5 Å². The number of imidazole rings is 1. The highest BCUT2D eigenvalue weighted by Crippen LogP contribution is 2.52. The minimum Gasteiger partial charge on any atom is -0.480 e. The number of anilines is 1. The van der Waals surface area contributed by atoms with Crippen molar-refractivity contribution >= 4 is 30.6 Å². The fourth-order valence-corrected chi connectivity index (χ4v) is 5.54. The lowest BCUT2D eigenvalue weighted by molar-refractivity contribution is -0.141. The van der Waals surface area contributed by atoms with E-state index in [-0.39, 0.29) is 37.9 Å². The second kappa shape index (κ2) is 11.4. The molecule has 0 aliphatic rings. The van der Waals surface area contributed by atoms with Crippen molar-refractivity contribution in [2.45, 2.75) is 33.0 Å². The topological polar surface area (TPSA) is 155 Å². The van der Waals surface area contributed by atoms with E-state index >= 15 is 0 Å². The lowest BCUT2D eigenvalue weighted by Crippen LogP contribution is -2.38. The van der Waals surface area contributed by atoms with Gasteiger partial charge in [0.2, 0.25) is 11.8 Å². The van der Waals surface area contributed by atoms with Gasteiger partial charge in [0.25, 0.3) is 7.52 Å². The number of fused-ring (bicyclic) bond motifs is 1. The van der Waals surface area contributed by atoms with Gasteiger partial charge in [-0.25, -0.2) is 9.65 Å². The Hall–Kier alpha value is -3.05. The van der Waals surface area contributed by atoms with Crippen LogP contribution in [0.2, 0.25) is 0 Å². The summed E-state index contributed by atoms with van der Waals surface area (Å²) in [4.78, 5) is 24.1. The molecule has 0 aliphatic carbocycles. The summed E-state index contributed by atoms with van der Waals surface area (Å²) in [7, 11) is -2.17. The van der Waals surface area contributed by atoms with Gasteiger partial charge in [-0.1, -0.05) is 37.3 Å². The van der Waals surface area contributed by atoms with Gasteiger partial charge in [0.1, 0.15) is 12.4 Å². The largest absolute Gasteiger partial charge is 0.480 e. The number of aromatic nitrogens is 4. The van der Waals surface area contributed by atoms with Gasteiger partial charge in [-0.3, -0.25) is 9.36 Å². The van der Waals surface area contributed by atoms with Crippen LogP contribution in [0.25, 0.3) is 11.2 Å². The minimum absolute atomic E-state index is 0.0482. The van der Waals surface area contributed by atoms with Crippen molar-refractivity contribution in [1.29, 1.82) is 0 Å². The van der Waals surface area contributed by atoms with Crippen LogP contribution in [0.4, 0.5) is 5.95 Å². The van der Waals surface area contributed by atoms with Crippen molar-refractivity contribution in [2.75, 3.05) is 32.3 Å². The predicted molar refractivity (Wildman–Crippen MR) is 125 cm³/mol. The van der Waals surface area contributed by atoms with Gasteiger partial charge >= 0.3 is 5.97 Å². The Morgan fingerprint density at radius 2 is 2.03 bits per heavy atom. The molecule has 0 amide bonds. The fourth-order valence-electron chi connectivity index (χ4n) is 3.40. The molecule has 184 valence electrons. The number of hydrogen-bond acceptors (Lipinski definition) is 9. The molecule has 1 unspecified atom stereocenters. The van der Waals surface area contributed by atoms with Crippen molar-refractivity contribution in [2.24, 2.45) is 0 Å². The van der Waals surface area contributed by atoms with E-state index in [1.807, 2.05) is 30.3 Å². The summed E-state index contributed by atoms with van der Waals surface area (Å²) in [5, 5.41) is 9.49. The number of nitrogens with zero attached hydrogens (tertiary/aromatic N) is 5. The SMILES string of the molecule is CCN([C@@H](C)C(=O)O)P(=O)(COCCn1cnc2c(OC)nc(N)nc21)OCc1ccccc1. The fraction of sp³-hybridized carbons (Fsp3) is 0.429. The standard InChI is InChI=1S/C21H29N6O6P/c1-4-27(15(2)20(28)29)34(30,33-12-16-8-6-5-7-9-16)14-32-11-10-26-13-23-17-18(26)24-21(22)25-19(17)31-3/h5-9,13,15H,4,10-12,14H2,1-3H3,(H,28,29)(H2,22,24,25)/t15-,34?/m0/s1. The number of benzene rings is 1. The smallest absolute Gasteiger partial charge is 0.321 e. The van der Waals surface area contributed by atoms with E-state index in [1.54, 1.807) is 17.8 Å². The number of rotatable bonds is 13. The number of carboxylic acids is 1. The quantitative estimate of drug-likeness (QED) is 0.267. The average molecular weight is 492 g/mol. The van der Waals surface area contributed by atoms with Crippen LogP contribution >= 0.6 is 7.52 Å². The lowest BCUT2D eigenvalue weighted by Gasteiger charge is -2.32. The number of nitrogen functional groups attached to an aromatic ring is 1. The number of likely N-dealkylation sites (N-methyl/N-ethyl adjacent to an activating group) is 1. The maximum absolute atomic E-state index is 13.8. The van der Waals surface area contributed by atoms with Crippen LogP contribution in [-0.4, -0.2) is 67.9 Å². The third-order valence-electron chi connectivity index (χ3n) is 5.17. The zero-order valence-electron chi connectivity index (χ0n) is 19.3. The summed E-state index contributed by atoms with van der Waals surface area (Å²) < 4.78 is 33.6. The molecule has 3 rings (SSSR count). The molecule has 0 saturated heterocycles. The normalized spacial score (nSPS) is 14.2.